The number of amides is 1. The quantitative estimate of drug-likeness (QED) is 0.799. The zero-order valence-electron chi connectivity index (χ0n) is 15.7. The van der Waals surface area contributed by atoms with E-state index in [0.717, 1.165) is 64.9 Å². The Morgan fingerprint density at radius 2 is 2.04 bits per heavy atom. The molecule has 1 atom stereocenters. The summed E-state index contributed by atoms with van der Waals surface area (Å²) in [4.78, 5) is 15.2. The highest BCUT2D eigenvalue weighted by Gasteiger charge is 2.30. The van der Waals surface area contributed by atoms with Crippen LogP contribution in [-0.4, -0.2) is 60.0 Å². The summed E-state index contributed by atoms with van der Waals surface area (Å²) in [6, 6.07) is 0.410. The number of rotatable bonds is 6. The molecule has 1 amide bonds. The predicted molar refractivity (Wildman–Crippen MR) is 98.0 cm³/mol. The maximum atomic E-state index is 13.1. The van der Waals surface area contributed by atoms with Gasteiger partial charge in [-0.25, -0.2) is 0 Å². The van der Waals surface area contributed by atoms with E-state index in [9.17, 15) is 4.79 Å². The van der Waals surface area contributed by atoms with Crippen LogP contribution in [0.1, 0.15) is 60.8 Å². The van der Waals surface area contributed by atoms with Crippen molar-refractivity contribution in [2.75, 3.05) is 33.4 Å². The Morgan fingerprint density at radius 3 is 2.72 bits per heavy atom. The van der Waals surface area contributed by atoms with Gasteiger partial charge in [-0.05, 0) is 39.0 Å². The van der Waals surface area contributed by atoms with Gasteiger partial charge in [-0.2, -0.15) is 5.10 Å². The molecule has 0 spiro atoms. The number of likely N-dealkylation sites (tertiary alicyclic amines) is 1. The molecule has 6 nitrogen and oxygen atoms in total. The average molecular weight is 348 g/mol. The van der Waals surface area contributed by atoms with Crippen LogP contribution in [0.2, 0.25) is 0 Å². The minimum Gasteiger partial charge on any atom is -0.383 e. The second-order valence-corrected chi connectivity index (χ2v) is 7.18. The molecule has 25 heavy (non-hydrogen) atoms. The van der Waals surface area contributed by atoms with Crippen LogP contribution in [0, 0.1) is 0 Å². The lowest BCUT2D eigenvalue weighted by Gasteiger charge is -2.25. The van der Waals surface area contributed by atoms with Crippen molar-refractivity contribution in [1.29, 1.82) is 0 Å². The molecule has 2 aliphatic rings. The molecule has 1 N–H and O–H groups in total. The van der Waals surface area contributed by atoms with E-state index in [4.69, 9.17) is 9.84 Å². The van der Waals surface area contributed by atoms with Crippen LogP contribution in [0.15, 0.2) is 0 Å². The lowest BCUT2D eigenvalue weighted by Crippen LogP contribution is -2.38. The number of carbonyl (C=O) groups is 1. The lowest BCUT2D eigenvalue weighted by atomic mass is 9.91. The van der Waals surface area contributed by atoms with Crippen molar-refractivity contribution in [3.8, 4) is 0 Å². The molecule has 0 bridgehead atoms. The van der Waals surface area contributed by atoms with Crippen molar-refractivity contribution < 1.29 is 9.53 Å². The predicted octanol–water partition coefficient (Wildman–Crippen LogP) is 2.01. The second-order valence-electron chi connectivity index (χ2n) is 7.18. The Kier molecular flexibility index (Phi) is 6.48. The standard InChI is InChI=1S/C19H32N4O2/c1-3-23-17-9-8-15(20-10-13-25-2)14-16(17)18(21-23)19(24)22-11-6-4-5-7-12-22/h15,20H,3-14H2,1-2H3/t15-/m0/s1. The Bertz CT molecular complexity index is 576. The highest BCUT2D eigenvalue weighted by molar-refractivity contribution is 5.94. The van der Waals surface area contributed by atoms with Gasteiger partial charge in [0.15, 0.2) is 5.69 Å². The first-order chi connectivity index (χ1) is 12.2. The minimum atomic E-state index is 0.142. The van der Waals surface area contributed by atoms with E-state index in [1.807, 2.05) is 9.58 Å². The number of carbonyl (C=O) groups excluding carboxylic acids is 1. The van der Waals surface area contributed by atoms with Crippen LogP contribution in [0.3, 0.4) is 0 Å². The van der Waals surface area contributed by atoms with E-state index < -0.39 is 0 Å². The number of aryl methyl sites for hydroxylation is 1. The van der Waals surface area contributed by atoms with Gasteiger partial charge in [0, 0.05) is 50.6 Å². The first-order valence-corrected chi connectivity index (χ1v) is 9.84. The van der Waals surface area contributed by atoms with Gasteiger partial charge in [-0.3, -0.25) is 9.48 Å². The van der Waals surface area contributed by atoms with Gasteiger partial charge in [0.1, 0.15) is 0 Å². The monoisotopic (exact) mass is 348 g/mol. The van der Waals surface area contributed by atoms with Gasteiger partial charge in [0.05, 0.1) is 6.61 Å². The molecular weight excluding hydrogens is 316 g/mol. The first kappa shape index (κ1) is 18.4. The maximum Gasteiger partial charge on any atom is 0.274 e. The number of nitrogens with one attached hydrogen (secondary N) is 1. The molecule has 1 aromatic rings. The van der Waals surface area contributed by atoms with E-state index in [1.54, 1.807) is 7.11 Å². The second kappa shape index (κ2) is 8.81. The number of nitrogens with zero attached hydrogens (tertiary/aromatic N) is 3. The molecular formula is C19H32N4O2. The SMILES string of the molecule is CCn1nc(C(=O)N2CCCCCC2)c2c1CC[C@H](NCCOC)C2. The Labute approximate surface area is 150 Å². The number of ether oxygens (including phenoxy) is 1. The third-order valence-corrected chi connectivity index (χ3v) is 5.48. The molecule has 140 valence electrons. The number of methoxy groups -OCH3 is 1. The summed E-state index contributed by atoms with van der Waals surface area (Å²) in [6.45, 7) is 6.27. The van der Waals surface area contributed by atoms with Crippen molar-refractivity contribution in [2.24, 2.45) is 0 Å². The zero-order chi connectivity index (χ0) is 17.6. The van der Waals surface area contributed by atoms with E-state index in [0.29, 0.717) is 11.7 Å². The first-order valence-electron chi connectivity index (χ1n) is 9.84. The lowest BCUT2D eigenvalue weighted by molar-refractivity contribution is 0.0753. The molecule has 1 aromatic heterocycles. The van der Waals surface area contributed by atoms with Gasteiger partial charge in [0.2, 0.25) is 0 Å². The summed E-state index contributed by atoms with van der Waals surface area (Å²) in [5.41, 5.74) is 3.15. The minimum absolute atomic E-state index is 0.142. The van der Waals surface area contributed by atoms with Gasteiger partial charge >= 0.3 is 0 Å². The summed E-state index contributed by atoms with van der Waals surface area (Å²) in [5, 5.41) is 8.28. The van der Waals surface area contributed by atoms with Crippen molar-refractivity contribution in [3.63, 3.8) is 0 Å². The van der Waals surface area contributed by atoms with Crippen molar-refractivity contribution in [1.82, 2.24) is 20.0 Å². The molecule has 0 unspecified atom stereocenters. The van der Waals surface area contributed by atoms with Crippen LogP contribution in [-0.2, 0) is 24.1 Å². The normalized spacial score (nSPS) is 21.0. The van der Waals surface area contributed by atoms with Crippen LogP contribution in [0.4, 0.5) is 0 Å². The van der Waals surface area contributed by atoms with Crippen molar-refractivity contribution in [2.45, 2.75) is 64.5 Å². The van der Waals surface area contributed by atoms with Crippen molar-refractivity contribution in [3.05, 3.63) is 17.0 Å². The number of hydrogen-bond acceptors (Lipinski definition) is 4. The van der Waals surface area contributed by atoms with Gasteiger partial charge in [0.25, 0.3) is 5.91 Å². The molecule has 1 aliphatic heterocycles. The van der Waals surface area contributed by atoms with Gasteiger partial charge in [-0.15, -0.1) is 0 Å². The fraction of sp³-hybridized carbons (Fsp3) is 0.789. The van der Waals surface area contributed by atoms with Crippen LogP contribution in [0.5, 0.6) is 0 Å². The summed E-state index contributed by atoms with van der Waals surface area (Å²) >= 11 is 0. The van der Waals surface area contributed by atoms with Crippen LogP contribution in [0.25, 0.3) is 0 Å². The van der Waals surface area contributed by atoms with Crippen LogP contribution >= 0.6 is 0 Å². The molecule has 1 fully saturated rings. The number of hydrogen-bond donors (Lipinski definition) is 1. The smallest absolute Gasteiger partial charge is 0.274 e. The Hall–Kier alpha value is -1.40. The Morgan fingerprint density at radius 1 is 1.28 bits per heavy atom. The number of fused-ring (bicyclic) bond motifs is 1. The molecule has 1 aliphatic carbocycles. The Balaban J connectivity index is 1.78. The summed E-state index contributed by atoms with van der Waals surface area (Å²) in [7, 11) is 1.73. The highest BCUT2D eigenvalue weighted by atomic mass is 16.5. The summed E-state index contributed by atoms with van der Waals surface area (Å²) in [6.07, 6.45) is 7.68. The zero-order valence-corrected chi connectivity index (χ0v) is 15.7. The van der Waals surface area contributed by atoms with Gasteiger partial charge < -0.3 is 15.0 Å². The van der Waals surface area contributed by atoms with E-state index in [-0.39, 0.29) is 5.91 Å². The van der Waals surface area contributed by atoms with Crippen molar-refractivity contribution >= 4 is 5.91 Å². The molecule has 0 saturated carbocycles. The topological polar surface area (TPSA) is 59.4 Å². The van der Waals surface area contributed by atoms with Gasteiger partial charge in [-0.1, -0.05) is 12.8 Å². The third-order valence-electron chi connectivity index (χ3n) is 5.48. The molecule has 2 heterocycles. The summed E-state index contributed by atoms with van der Waals surface area (Å²) < 4.78 is 7.18. The fourth-order valence-electron chi connectivity index (χ4n) is 4.08. The largest absolute Gasteiger partial charge is 0.383 e. The fourth-order valence-corrected chi connectivity index (χ4v) is 4.08. The molecule has 1 saturated heterocycles. The highest BCUT2D eigenvalue weighted by Crippen LogP contribution is 2.26. The molecule has 0 aromatic carbocycles. The van der Waals surface area contributed by atoms with Crippen LogP contribution < -0.4 is 5.32 Å². The molecule has 6 heteroatoms. The third kappa shape index (κ3) is 4.23. The molecule has 0 radical (unpaired) electrons. The van der Waals surface area contributed by atoms with E-state index in [1.165, 1.54) is 24.1 Å². The molecule has 3 rings (SSSR count). The van der Waals surface area contributed by atoms with E-state index >= 15 is 0 Å². The average Bonchev–Trinajstić information content (AvgIpc) is 2.80. The summed E-state index contributed by atoms with van der Waals surface area (Å²) in [5.74, 6) is 0.142. The van der Waals surface area contributed by atoms with E-state index in [2.05, 4.69) is 12.2 Å². The maximum absolute atomic E-state index is 13.1. The number of aromatic nitrogens is 2.